The van der Waals surface area contributed by atoms with Gasteiger partial charge in [-0.05, 0) is 48.5 Å². The van der Waals surface area contributed by atoms with Gasteiger partial charge < -0.3 is 15.4 Å². The van der Waals surface area contributed by atoms with Crippen LogP contribution in [0.3, 0.4) is 0 Å². The molecule has 0 radical (unpaired) electrons. The van der Waals surface area contributed by atoms with Crippen molar-refractivity contribution in [3.8, 4) is 0 Å². The maximum absolute atomic E-state index is 11.6. The van der Waals surface area contributed by atoms with Gasteiger partial charge in [0.1, 0.15) is 5.82 Å². The summed E-state index contributed by atoms with van der Waals surface area (Å²) in [6.07, 6.45) is 1.64. The summed E-state index contributed by atoms with van der Waals surface area (Å²) < 4.78 is 4.72. The Morgan fingerprint density at radius 3 is 2.60 bits per heavy atom. The highest BCUT2D eigenvalue weighted by atomic mass is 35.5. The van der Waals surface area contributed by atoms with Gasteiger partial charge in [0.25, 0.3) is 0 Å². The van der Waals surface area contributed by atoms with Crippen molar-refractivity contribution in [3.63, 3.8) is 0 Å². The van der Waals surface area contributed by atoms with Crippen LogP contribution >= 0.6 is 11.6 Å². The Balaban J connectivity index is 1.75. The normalized spacial score (nSPS) is 10.2. The first kappa shape index (κ1) is 16.7. The molecule has 6 nitrogen and oxygen atoms in total. The second-order valence-electron chi connectivity index (χ2n) is 5.09. The van der Waals surface area contributed by atoms with Gasteiger partial charge in [-0.3, -0.25) is 0 Å². The Hall–Kier alpha value is -3.12. The third-order valence-corrected chi connectivity index (χ3v) is 3.56. The largest absolute Gasteiger partial charge is 0.465 e. The smallest absolute Gasteiger partial charge is 0.337 e. The van der Waals surface area contributed by atoms with Gasteiger partial charge in [-0.2, -0.15) is 4.98 Å². The summed E-state index contributed by atoms with van der Waals surface area (Å²) >= 11 is 5.87. The van der Waals surface area contributed by atoms with Crippen LogP contribution in [0, 0.1) is 0 Å². The first-order valence-electron chi connectivity index (χ1n) is 7.45. The molecule has 25 heavy (non-hydrogen) atoms. The number of rotatable bonds is 5. The summed E-state index contributed by atoms with van der Waals surface area (Å²) in [5.74, 6) is 0.640. The molecule has 1 heterocycles. The van der Waals surface area contributed by atoms with Gasteiger partial charge in [-0.1, -0.05) is 17.7 Å². The van der Waals surface area contributed by atoms with Gasteiger partial charge in [0, 0.05) is 22.6 Å². The predicted molar refractivity (Wildman–Crippen MR) is 97.8 cm³/mol. The predicted octanol–water partition coefficient (Wildman–Crippen LogP) is 4.40. The zero-order valence-corrected chi connectivity index (χ0v) is 14.1. The lowest BCUT2D eigenvalue weighted by molar-refractivity contribution is 0.0601. The minimum Gasteiger partial charge on any atom is -0.465 e. The summed E-state index contributed by atoms with van der Waals surface area (Å²) in [6.45, 7) is 0. The average molecular weight is 355 g/mol. The zero-order chi connectivity index (χ0) is 17.6. The van der Waals surface area contributed by atoms with E-state index in [4.69, 9.17) is 16.3 Å². The average Bonchev–Trinajstić information content (AvgIpc) is 2.63. The minimum atomic E-state index is -0.392. The lowest BCUT2D eigenvalue weighted by Crippen LogP contribution is -2.03. The van der Waals surface area contributed by atoms with Crippen molar-refractivity contribution in [1.29, 1.82) is 0 Å². The second-order valence-corrected chi connectivity index (χ2v) is 5.53. The SMILES string of the molecule is COC(=O)c1cccc(Nc2ccnc(Nc3ccc(Cl)cc3)n2)c1. The number of carbonyl (C=O) groups is 1. The van der Waals surface area contributed by atoms with Gasteiger partial charge in [-0.15, -0.1) is 0 Å². The highest BCUT2D eigenvalue weighted by Gasteiger charge is 2.06. The number of carbonyl (C=O) groups excluding carboxylic acids is 1. The summed E-state index contributed by atoms with van der Waals surface area (Å²) in [6, 6.07) is 16.0. The van der Waals surface area contributed by atoms with Crippen LogP contribution in [0.1, 0.15) is 10.4 Å². The van der Waals surface area contributed by atoms with E-state index in [9.17, 15) is 4.79 Å². The molecule has 2 aromatic carbocycles. The number of hydrogen-bond donors (Lipinski definition) is 2. The van der Waals surface area contributed by atoms with Crippen LogP contribution in [0.2, 0.25) is 5.02 Å². The zero-order valence-electron chi connectivity index (χ0n) is 13.4. The number of nitrogens with zero attached hydrogens (tertiary/aromatic N) is 2. The Kier molecular flexibility index (Phi) is 5.11. The molecular formula is C18H15ClN4O2. The molecule has 1 aromatic heterocycles. The lowest BCUT2D eigenvalue weighted by Gasteiger charge is -2.09. The van der Waals surface area contributed by atoms with E-state index in [2.05, 4.69) is 20.6 Å². The van der Waals surface area contributed by atoms with Crippen LogP contribution in [0.25, 0.3) is 0 Å². The molecule has 2 N–H and O–H groups in total. The third kappa shape index (κ3) is 4.45. The van der Waals surface area contributed by atoms with Crippen LogP contribution in [0.5, 0.6) is 0 Å². The number of esters is 1. The molecular weight excluding hydrogens is 340 g/mol. The number of ether oxygens (including phenoxy) is 1. The third-order valence-electron chi connectivity index (χ3n) is 3.31. The molecule has 0 unspecified atom stereocenters. The van der Waals surface area contributed by atoms with Crippen LogP contribution in [-0.4, -0.2) is 23.0 Å². The fraction of sp³-hybridized carbons (Fsp3) is 0.0556. The van der Waals surface area contributed by atoms with Crippen LogP contribution in [-0.2, 0) is 4.74 Å². The first-order valence-corrected chi connectivity index (χ1v) is 7.83. The topological polar surface area (TPSA) is 76.1 Å². The fourth-order valence-corrected chi connectivity index (χ4v) is 2.27. The molecule has 126 valence electrons. The molecule has 0 saturated heterocycles. The highest BCUT2D eigenvalue weighted by Crippen LogP contribution is 2.20. The molecule has 0 aliphatic carbocycles. The molecule has 0 fully saturated rings. The van der Waals surface area contributed by atoms with E-state index in [-0.39, 0.29) is 0 Å². The number of methoxy groups -OCH3 is 1. The van der Waals surface area contributed by atoms with Gasteiger partial charge in [0.15, 0.2) is 0 Å². The summed E-state index contributed by atoms with van der Waals surface area (Å²) in [5.41, 5.74) is 2.01. The Morgan fingerprint density at radius 1 is 1.04 bits per heavy atom. The maximum Gasteiger partial charge on any atom is 0.337 e. The fourth-order valence-electron chi connectivity index (χ4n) is 2.14. The van der Waals surface area contributed by atoms with E-state index in [1.165, 1.54) is 7.11 Å². The summed E-state index contributed by atoms with van der Waals surface area (Å²) in [5, 5.41) is 6.90. The first-order chi connectivity index (χ1) is 12.1. The summed E-state index contributed by atoms with van der Waals surface area (Å²) in [7, 11) is 1.35. The van der Waals surface area contributed by atoms with E-state index >= 15 is 0 Å². The molecule has 0 spiro atoms. The van der Waals surface area contributed by atoms with Gasteiger partial charge in [0.2, 0.25) is 5.95 Å². The second kappa shape index (κ2) is 7.63. The van der Waals surface area contributed by atoms with Crippen molar-refractivity contribution in [3.05, 3.63) is 71.4 Å². The standard InChI is InChI=1S/C18H15ClN4O2/c1-25-17(24)12-3-2-4-15(11-12)21-16-9-10-20-18(23-16)22-14-7-5-13(19)6-8-14/h2-11H,1H3,(H2,20,21,22,23). The molecule has 0 saturated carbocycles. The molecule has 3 aromatic rings. The Morgan fingerprint density at radius 2 is 1.84 bits per heavy atom. The molecule has 0 amide bonds. The van der Waals surface area contributed by atoms with Crippen molar-refractivity contribution in [2.45, 2.75) is 0 Å². The number of aromatic nitrogens is 2. The highest BCUT2D eigenvalue weighted by molar-refractivity contribution is 6.30. The maximum atomic E-state index is 11.6. The monoisotopic (exact) mass is 354 g/mol. The minimum absolute atomic E-state index is 0.392. The molecule has 3 rings (SSSR count). The van der Waals surface area contributed by atoms with Crippen molar-refractivity contribution in [2.75, 3.05) is 17.7 Å². The van der Waals surface area contributed by atoms with Crippen molar-refractivity contribution in [1.82, 2.24) is 9.97 Å². The quantitative estimate of drug-likeness (QED) is 0.661. The Bertz CT molecular complexity index is 884. The van der Waals surface area contributed by atoms with Gasteiger partial charge in [0.05, 0.1) is 12.7 Å². The van der Waals surface area contributed by atoms with E-state index in [1.54, 1.807) is 42.6 Å². The molecule has 7 heteroatoms. The van der Waals surface area contributed by atoms with E-state index < -0.39 is 5.97 Å². The van der Waals surface area contributed by atoms with Crippen LogP contribution < -0.4 is 10.6 Å². The number of benzene rings is 2. The number of nitrogens with one attached hydrogen (secondary N) is 2. The molecule has 0 aliphatic rings. The van der Waals surface area contributed by atoms with Crippen LogP contribution in [0.15, 0.2) is 60.8 Å². The van der Waals surface area contributed by atoms with E-state index in [0.717, 1.165) is 11.4 Å². The molecule has 0 aliphatic heterocycles. The number of halogens is 1. The molecule has 0 bridgehead atoms. The Labute approximate surface area is 149 Å². The van der Waals surface area contributed by atoms with E-state index in [0.29, 0.717) is 22.4 Å². The van der Waals surface area contributed by atoms with E-state index in [1.807, 2.05) is 18.2 Å². The number of hydrogen-bond acceptors (Lipinski definition) is 6. The number of anilines is 4. The van der Waals surface area contributed by atoms with Crippen LogP contribution in [0.4, 0.5) is 23.1 Å². The van der Waals surface area contributed by atoms with Crippen molar-refractivity contribution < 1.29 is 9.53 Å². The van der Waals surface area contributed by atoms with Crippen molar-refractivity contribution >= 4 is 40.7 Å². The lowest BCUT2D eigenvalue weighted by atomic mass is 10.2. The summed E-state index contributed by atoms with van der Waals surface area (Å²) in [4.78, 5) is 20.2. The van der Waals surface area contributed by atoms with Gasteiger partial charge in [-0.25, -0.2) is 9.78 Å². The van der Waals surface area contributed by atoms with Gasteiger partial charge >= 0.3 is 5.97 Å². The molecule has 0 atom stereocenters. The van der Waals surface area contributed by atoms with Crippen molar-refractivity contribution in [2.24, 2.45) is 0 Å².